The first-order valence-electron chi connectivity index (χ1n) is 3.84. The summed E-state index contributed by atoms with van der Waals surface area (Å²) in [6.45, 7) is 2.57. The molecule has 0 amide bonds. The number of hydrogen-bond donors (Lipinski definition) is 2. The molecule has 1 aromatic rings. The number of aryl methyl sites for hydroxylation is 2. The maximum Gasteiger partial charge on any atom is 0.0863 e. The highest BCUT2D eigenvalue weighted by atomic mass is 35.5. The first kappa shape index (κ1) is 9.51. The van der Waals surface area contributed by atoms with Gasteiger partial charge in [-0.05, 0) is 6.42 Å². The summed E-state index contributed by atoms with van der Waals surface area (Å²) in [7, 11) is 1.86. The van der Waals surface area contributed by atoms with Crippen LogP contribution in [0, 0.1) is 0 Å². The molecule has 68 valence electrons. The molecule has 0 aliphatic heterocycles. The molecule has 0 bridgehead atoms. The van der Waals surface area contributed by atoms with E-state index in [1.165, 1.54) is 0 Å². The van der Waals surface area contributed by atoms with E-state index < -0.39 is 0 Å². The van der Waals surface area contributed by atoms with Gasteiger partial charge in [0.2, 0.25) is 0 Å². The molecule has 0 spiro atoms. The topological polar surface area (TPSA) is 55.9 Å². The van der Waals surface area contributed by atoms with Gasteiger partial charge in [0.15, 0.2) is 0 Å². The van der Waals surface area contributed by atoms with Gasteiger partial charge in [-0.15, -0.1) is 0 Å². The number of hydrazine groups is 1. The molecule has 0 atom stereocenters. The van der Waals surface area contributed by atoms with Gasteiger partial charge in [-0.2, -0.15) is 5.10 Å². The molecule has 1 aromatic heterocycles. The van der Waals surface area contributed by atoms with Crippen LogP contribution >= 0.6 is 11.6 Å². The third-order valence-electron chi connectivity index (χ3n) is 1.77. The number of nitrogens with zero attached hydrogens (tertiary/aromatic N) is 2. The van der Waals surface area contributed by atoms with Crippen LogP contribution in [-0.4, -0.2) is 9.78 Å². The second-order valence-electron chi connectivity index (χ2n) is 2.57. The quantitative estimate of drug-likeness (QED) is 0.540. The maximum atomic E-state index is 6.03. The SMILES string of the molecule is CCc1nn(C)c(CNN)c1Cl. The van der Waals surface area contributed by atoms with Gasteiger partial charge >= 0.3 is 0 Å². The van der Waals surface area contributed by atoms with Crippen molar-refractivity contribution in [3.63, 3.8) is 0 Å². The summed E-state index contributed by atoms with van der Waals surface area (Å²) in [6, 6.07) is 0. The summed E-state index contributed by atoms with van der Waals surface area (Å²) >= 11 is 6.03. The van der Waals surface area contributed by atoms with Crippen LogP contribution in [0.5, 0.6) is 0 Å². The van der Waals surface area contributed by atoms with Crippen LogP contribution < -0.4 is 11.3 Å². The fourth-order valence-corrected chi connectivity index (χ4v) is 1.47. The second kappa shape index (κ2) is 3.89. The molecule has 12 heavy (non-hydrogen) atoms. The zero-order valence-corrected chi connectivity index (χ0v) is 8.02. The smallest absolute Gasteiger partial charge is 0.0863 e. The van der Waals surface area contributed by atoms with Crippen LogP contribution in [0.1, 0.15) is 18.3 Å². The lowest BCUT2D eigenvalue weighted by atomic mass is 10.3. The van der Waals surface area contributed by atoms with Crippen molar-refractivity contribution in [1.82, 2.24) is 15.2 Å². The molecule has 0 aliphatic carbocycles. The lowest BCUT2D eigenvalue weighted by molar-refractivity contribution is 0.642. The minimum Gasteiger partial charge on any atom is -0.271 e. The van der Waals surface area contributed by atoms with Gasteiger partial charge < -0.3 is 0 Å². The Kier molecular flexibility index (Phi) is 3.08. The molecule has 1 heterocycles. The molecule has 0 fully saturated rings. The third kappa shape index (κ3) is 1.60. The van der Waals surface area contributed by atoms with Gasteiger partial charge in [-0.3, -0.25) is 16.0 Å². The fraction of sp³-hybridized carbons (Fsp3) is 0.571. The van der Waals surface area contributed by atoms with E-state index in [0.717, 1.165) is 22.8 Å². The average Bonchev–Trinajstić information content (AvgIpc) is 2.32. The van der Waals surface area contributed by atoms with Crippen LogP contribution in [0.3, 0.4) is 0 Å². The highest BCUT2D eigenvalue weighted by molar-refractivity contribution is 6.31. The Hall–Kier alpha value is -0.580. The van der Waals surface area contributed by atoms with Crippen molar-refractivity contribution < 1.29 is 0 Å². The minimum absolute atomic E-state index is 0.544. The molecule has 1 rings (SSSR count). The first-order chi connectivity index (χ1) is 5.70. The predicted octanol–water partition coefficient (Wildman–Crippen LogP) is 0.599. The average molecular weight is 189 g/mol. The number of nitrogens with two attached hydrogens (primary N) is 1. The van der Waals surface area contributed by atoms with Crippen molar-refractivity contribution in [1.29, 1.82) is 0 Å². The molecule has 0 aromatic carbocycles. The van der Waals surface area contributed by atoms with E-state index in [1.807, 2.05) is 14.0 Å². The van der Waals surface area contributed by atoms with E-state index >= 15 is 0 Å². The largest absolute Gasteiger partial charge is 0.271 e. The summed E-state index contributed by atoms with van der Waals surface area (Å²) in [6.07, 6.45) is 0.844. The van der Waals surface area contributed by atoms with Gasteiger partial charge in [0.05, 0.1) is 23.0 Å². The highest BCUT2D eigenvalue weighted by Gasteiger charge is 2.11. The molecule has 5 heteroatoms. The third-order valence-corrected chi connectivity index (χ3v) is 2.21. The van der Waals surface area contributed by atoms with Crippen molar-refractivity contribution in [2.24, 2.45) is 12.9 Å². The molecular formula is C7H13ClN4. The van der Waals surface area contributed by atoms with E-state index in [-0.39, 0.29) is 0 Å². The fourth-order valence-electron chi connectivity index (χ4n) is 1.11. The zero-order chi connectivity index (χ0) is 9.14. The van der Waals surface area contributed by atoms with E-state index in [0.29, 0.717) is 6.54 Å². The Balaban J connectivity index is 3.01. The Morgan fingerprint density at radius 1 is 1.67 bits per heavy atom. The summed E-state index contributed by atoms with van der Waals surface area (Å²) in [5.41, 5.74) is 4.41. The lowest BCUT2D eigenvalue weighted by Gasteiger charge is -1.99. The van der Waals surface area contributed by atoms with Crippen molar-refractivity contribution >= 4 is 11.6 Å². The van der Waals surface area contributed by atoms with Crippen molar-refractivity contribution in [2.75, 3.05) is 0 Å². The first-order valence-corrected chi connectivity index (χ1v) is 4.22. The van der Waals surface area contributed by atoms with E-state index in [2.05, 4.69) is 10.5 Å². The monoisotopic (exact) mass is 188 g/mol. The van der Waals surface area contributed by atoms with Crippen molar-refractivity contribution in [3.8, 4) is 0 Å². The van der Waals surface area contributed by atoms with Crippen LogP contribution in [0.25, 0.3) is 0 Å². The lowest BCUT2D eigenvalue weighted by Crippen LogP contribution is -2.22. The number of halogens is 1. The van der Waals surface area contributed by atoms with Crippen LogP contribution in [0.4, 0.5) is 0 Å². The zero-order valence-electron chi connectivity index (χ0n) is 7.26. The van der Waals surface area contributed by atoms with Crippen LogP contribution in [0.15, 0.2) is 0 Å². The van der Waals surface area contributed by atoms with Gasteiger partial charge in [-0.25, -0.2) is 0 Å². The molecular weight excluding hydrogens is 176 g/mol. The predicted molar refractivity (Wildman–Crippen MR) is 48.6 cm³/mol. The van der Waals surface area contributed by atoms with Gasteiger partial charge in [-0.1, -0.05) is 18.5 Å². The number of nitrogens with one attached hydrogen (secondary N) is 1. The molecule has 0 radical (unpaired) electrons. The molecule has 3 N–H and O–H groups in total. The van der Waals surface area contributed by atoms with Gasteiger partial charge in [0.1, 0.15) is 0 Å². The normalized spacial score (nSPS) is 10.7. The van der Waals surface area contributed by atoms with E-state index in [9.17, 15) is 0 Å². The Labute approximate surface area is 76.7 Å². The maximum absolute atomic E-state index is 6.03. The number of rotatable bonds is 3. The van der Waals surface area contributed by atoms with Crippen molar-refractivity contribution in [3.05, 3.63) is 16.4 Å². The molecule has 4 nitrogen and oxygen atoms in total. The summed E-state index contributed by atoms with van der Waals surface area (Å²) in [5.74, 6) is 5.20. The van der Waals surface area contributed by atoms with E-state index in [1.54, 1.807) is 4.68 Å². The standard InChI is InChI=1S/C7H13ClN4/c1-3-5-7(8)6(4-10-9)12(2)11-5/h10H,3-4,9H2,1-2H3. The second-order valence-corrected chi connectivity index (χ2v) is 2.94. The number of aromatic nitrogens is 2. The van der Waals surface area contributed by atoms with Gasteiger partial charge in [0, 0.05) is 7.05 Å². The van der Waals surface area contributed by atoms with Crippen LogP contribution in [0.2, 0.25) is 5.02 Å². The Bertz CT molecular complexity index is 269. The van der Waals surface area contributed by atoms with E-state index in [4.69, 9.17) is 17.4 Å². The molecule has 0 aliphatic rings. The summed E-state index contributed by atoms with van der Waals surface area (Å²) in [4.78, 5) is 0. The number of hydrogen-bond acceptors (Lipinski definition) is 3. The minimum atomic E-state index is 0.544. The Morgan fingerprint density at radius 3 is 2.75 bits per heavy atom. The Morgan fingerprint density at radius 2 is 2.33 bits per heavy atom. The molecule has 0 saturated heterocycles. The van der Waals surface area contributed by atoms with Crippen LogP contribution in [-0.2, 0) is 20.0 Å². The van der Waals surface area contributed by atoms with Gasteiger partial charge in [0.25, 0.3) is 0 Å². The highest BCUT2D eigenvalue weighted by Crippen LogP contribution is 2.19. The molecule has 0 unspecified atom stereocenters. The summed E-state index contributed by atoms with van der Waals surface area (Å²) in [5, 5.41) is 4.96. The molecule has 0 saturated carbocycles. The van der Waals surface area contributed by atoms with Crippen molar-refractivity contribution in [2.45, 2.75) is 19.9 Å². The summed E-state index contributed by atoms with van der Waals surface area (Å²) < 4.78 is 1.75.